The van der Waals surface area contributed by atoms with Gasteiger partial charge in [0.15, 0.2) is 5.69 Å². The first-order chi connectivity index (χ1) is 9.66. The van der Waals surface area contributed by atoms with Crippen LogP contribution in [-0.4, -0.2) is 26.3 Å². The normalized spacial score (nSPS) is 10.9. The molecule has 0 radical (unpaired) electrons. The largest absolute Gasteiger partial charge is 0.346 e. The van der Waals surface area contributed by atoms with E-state index in [-0.39, 0.29) is 5.91 Å². The van der Waals surface area contributed by atoms with Crippen LogP contribution in [0.1, 0.15) is 27.4 Å². The molecule has 0 saturated heterocycles. The van der Waals surface area contributed by atoms with E-state index in [1.54, 1.807) is 0 Å². The molecule has 0 aliphatic carbocycles. The van der Waals surface area contributed by atoms with Crippen molar-refractivity contribution in [3.8, 4) is 0 Å². The summed E-state index contributed by atoms with van der Waals surface area (Å²) in [4.78, 5) is 12.2. The lowest BCUT2D eigenvalue weighted by Crippen LogP contribution is -2.23. The molecule has 1 aromatic carbocycles. The maximum atomic E-state index is 12.2. The van der Waals surface area contributed by atoms with E-state index in [0.29, 0.717) is 12.2 Å². The number of hydrogen-bond acceptors (Lipinski definition) is 3. The predicted octanol–water partition coefficient (Wildman–Crippen LogP) is 1.83. The fourth-order valence-electron chi connectivity index (χ4n) is 2.22. The lowest BCUT2D eigenvalue weighted by Gasteiger charge is -2.03. The minimum absolute atomic E-state index is 0.192. The number of aryl methyl sites for hydroxylation is 2. The third-order valence-corrected chi connectivity index (χ3v) is 3.39. The number of H-pyrrole nitrogens is 2. The molecule has 20 heavy (non-hydrogen) atoms. The SMILES string of the molecule is Cc1n[nH]c(C)c1CNC(=O)c1n[nH]c2ccccc12. The topological polar surface area (TPSA) is 86.5 Å². The van der Waals surface area contributed by atoms with Crippen molar-refractivity contribution in [2.45, 2.75) is 20.4 Å². The molecule has 3 rings (SSSR count). The Kier molecular flexibility index (Phi) is 2.98. The van der Waals surface area contributed by atoms with Crippen LogP contribution in [-0.2, 0) is 6.54 Å². The molecular weight excluding hydrogens is 254 g/mol. The van der Waals surface area contributed by atoms with E-state index < -0.39 is 0 Å². The Morgan fingerprint density at radius 2 is 2.00 bits per heavy atom. The third kappa shape index (κ3) is 2.05. The molecule has 0 unspecified atom stereocenters. The third-order valence-electron chi connectivity index (χ3n) is 3.39. The van der Waals surface area contributed by atoms with Gasteiger partial charge in [-0.3, -0.25) is 15.0 Å². The predicted molar refractivity (Wildman–Crippen MR) is 75.3 cm³/mol. The average Bonchev–Trinajstić information content (AvgIpc) is 3.01. The number of amides is 1. The van der Waals surface area contributed by atoms with Gasteiger partial charge in [-0.25, -0.2) is 0 Å². The molecule has 102 valence electrons. The first-order valence-electron chi connectivity index (χ1n) is 6.38. The van der Waals surface area contributed by atoms with Gasteiger partial charge < -0.3 is 5.32 Å². The van der Waals surface area contributed by atoms with E-state index in [1.807, 2.05) is 38.1 Å². The van der Waals surface area contributed by atoms with E-state index in [2.05, 4.69) is 25.7 Å². The number of carbonyl (C=O) groups is 1. The van der Waals surface area contributed by atoms with E-state index in [1.165, 1.54) is 0 Å². The molecule has 0 aliphatic rings. The Labute approximate surface area is 115 Å². The lowest BCUT2D eigenvalue weighted by molar-refractivity contribution is 0.0947. The number of rotatable bonds is 3. The molecule has 0 fully saturated rings. The van der Waals surface area contributed by atoms with E-state index in [4.69, 9.17) is 0 Å². The summed E-state index contributed by atoms with van der Waals surface area (Å²) >= 11 is 0. The summed E-state index contributed by atoms with van der Waals surface area (Å²) in [6.45, 7) is 4.29. The summed E-state index contributed by atoms with van der Waals surface area (Å²) in [5, 5.41) is 17.7. The number of nitrogens with zero attached hydrogens (tertiary/aromatic N) is 2. The molecule has 6 heteroatoms. The molecule has 1 amide bonds. The highest BCUT2D eigenvalue weighted by Gasteiger charge is 2.14. The molecule has 0 saturated carbocycles. The Balaban J connectivity index is 1.80. The monoisotopic (exact) mass is 269 g/mol. The summed E-state index contributed by atoms with van der Waals surface area (Å²) in [6, 6.07) is 7.56. The fourth-order valence-corrected chi connectivity index (χ4v) is 2.22. The van der Waals surface area contributed by atoms with E-state index in [9.17, 15) is 4.79 Å². The van der Waals surface area contributed by atoms with Gasteiger partial charge in [0, 0.05) is 23.2 Å². The van der Waals surface area contributed by atoms with E-state index in [0.717, 1.165) is 27.9 Å². The van der Waals surface area contributed by atoms with Gasteiger partial charge in [0.05, 0.1) is 11.2 Å². The average molecular weight is 269 g/mol. The molecule has 0 aliphatic heterocycles. The second kappa shape index (κ2) is 4.80. The zero-order valence-corrected chi connectivity index (χ0v) is 11.3. The Morgan fingerprint density at radius 1 is 1.20 bits per heavy atom. The number of aromatic nitrogens is 4. The number of aromatic amines is 2. The molecule has 0 atom stereocenters. The Hall–Kier alpha value is -2.63. The van der Waals surface area contributed by atoms with Crippen molar-refractivity contribution in [1.82, 2.24) is 25.7 Å². The smallest absolute Gasteiger partial charge is 0.272 e. The van der Waals surface area contributed by atoms with Crippen molar-refractivity contribution >= 4 is 16.8 Å². The van der Waals surface area contributed by atoms with Crippen LogP contribution >= 0.6 is 0 Å². The molecule has 0 spiro atoms. The summed E-state index contributed by atoms with van der Waals surface area (Å²) in [5.41, 5.74) is 4.15. The summed E-state index contributed by atoms with van der Waals surface area (Å²) in [7, 11) is 0. The number of carbonyl (C=O) groups excluding carboxylic acids is 1. The van der Waals surface area contributed by atoms with Crippen LogP contribution in [0.25, 0.3) is 10.9 Å². The second-order valence-corrected chi connectivity index (χ2v) is 4.71. The van der Waals surface area contributed by atoms with Crippen molar-refractivity contribution in [2.24, 2.45) is 0 Å². The zero-order chi connectivity index (χ0) is 14.1. The number of hydrogen-bond donors (Lipinski definition) is 3. The van der Waals surface area contributed by atoms with E-state index >= 15 is 0 Å². The summed E-state index contributed by atoms with van der Waals surface area (Å²) in [6.07, 6.45) is 0. The molecule has 3 N–H and O–H groups in total. The quantitative estimate of drug-likeness (QED) is 0.678. The number of benzene rings is 1. The van der Waals surface area contributed by atoms with Gasteiger partial charge in [-0.15, -0.1) is 0 Å². The second-order valence-electron chi connectivity index (χ2n) is 4.71. The minimum Gasteiger partial charge on any atom is -0.346 e. The van der Waals surface area contributed by atoms with Gasteiger partial charge in [0.1, 0.15) is 0 Å². The maximum absolute atomic E-state index is 12.2. The lowest BCUT2D eigenvalue weighted by atomic mass is 10.2. The maximum Gasteiger partial charge on any atom is 0.272 e. The molecular formula is C14H15N5O. The van der Waals surface area contributed by atoms with Gasteiger partial charge in [0.2, 0.25) is 0 Å². The Bertz CT molecular complexity index is 751. The van der Waals surface area contributed by atoms with Crippen molar-refractivity contribution in [3.05, 3.63) is 46.9 Å². The van der Waals surface area contributed by atoms with Crippen LogP contribution < -0.4 is 5.32 Å². The fraction of sp³-hybridized carbons (Fsp3) is 0.214. The van der Waals surface area contributed by atoms with Gasteiger partial charge in [-0.1, -0.05) is 18.2 Å². The highest BCUT2D eigenvalue weighted by Crippen LogP contribution is 2.15. The van der Waals surface area contributed by atoms with Crippen molar-refractivity contribution in [3.63, 3.8) is 0 Å². The van der Waals surface area contributed by atoms with Crippen molar-refractivity contribution < 1.29 is 4.79 Å². The number of nitrogens with one attached hydrogen (secondary N) is 3. The van der Waals surface area contributed by atoms with Crippen LogP contribution in [0.5, 0.6) is 0 Å². The highest BCUT2D eigenvalue weighted by molar-refractivity contribution is 6.04. The van der Waals surface area contributed by atoms with Crippen LogP contribution in [0.15, 0.2) is 24.3 Å². The summed E-state index contributed by atoms with van der Waals surface area (Å²) in [5.74, 6) is -0.192. The molecule has 0 bridgehead atoms. The standard InChI is InChI=1S/C14H15N5O/c1-8-11(9(2)17-16-8)7-15-14(20)13-10-5-3-4-6-12(10)18-19-13/h3-6H,7H2,1-2H3,(H,15,20)(H,16,17)(H,18,19). The Morgan fingerprint density at radius 3 is 2.75 bits per heavy atom. The first kappa shape index (κ1) is 12.4. The highest BCUT2D eigenvalue weighted by atomic mass is 16.1. The zero-order valence-electron chi connectivity index (χ0n) is 11.3. The minimum atomic E-state index is -0.192. The van der Waals surface area contributed by atoms with Gasteiger partial charge >= 0.3 is 0 Å². The summed E-state index contributed by atoms with van der Waals surface area (Å²) < 4.78 is 0. The van der Waals surface area contributed by atoms with Crippen LogP contribution in [0.4, 0.5) is 0 Å². The number of para-hydroxylation sites is 1. The van der Waals surface area contributed by atoms with Gasteiger partial charge in [-0.05, 0) is 19.9 Å². The number of fused-ring (bicyclic) bond motifs is 1. The molecule has 3 aromatic rings. The molecule has 2 heterocycles. The van der Waals surface area contributed by atoms with Crippen molar-refractivity contribution in [2.75, 3.05) is 0 Å². The van der Waals surface area contributed by atoms with Gasteiger partial charge in [0.25, 0.3) is 5.91 Å². The van der Waals surface area contributed by atoms with Crippen LogP contribution in [0.3, 0.4) is 0 Å². The van der Waals surface area contributed by atoms with Crippen molar-refractivity contribution in [1.29, 1.82) is 0 Å². The molecule has 6 nitrogen and oxygen atoms in total. The first-order valence-corrected chi connectivity index (χ1v) is 6.38. The molecule has 2 aromatic heterocycles. The van der Waals surface area contributed by atoms with Crippen LogP contribution in [0.2, 0.25) is 0 Å². The van der Waals surface area contributed by atoms with Gasteiger partial charge in [-0.2, -0.15) is 10.2 Å². The van der Waals surface area contributed by atoms with Crippen LogP contribution in [0, 0.1) is 13.8 Å².